The molecule has 1 aliphatic rings. The highest BCUT2D eigenvalue weighted by atomic mass is 16.5. The molecule has 0 aliphatic carbocycles. The zero-order valence-corrected chi connectivity index (χ0v) is 11.5. The fraction of sp³-hybridized carbons (Fsp3) is 0.267. The van der Waals surface area contributed by atoms with Crippen LogP contribution < -0.4 is 20.1 Å². The van der Waals surface area contributed by atoms with Crippen molar-refractivity contribution in [3.05, 3.63) is 47.8 Å². The van der Waals surface area contributed by atoms with Crippen LogP contribution in [0.2, 0.25) is 0 Å². The minimum absolute atomic E-state index is 0.383. The predicted molar refractivity (Wildman–Crippen MR) is 78.0 cm³/mol. The first-order valence-corrected chi connectivity index (χ1v) is 6.51. The molecule has 2 N–H and O–H groups in total. The van der Waals surface area contributed by atoms with Crippen LogP contribution in [0.1, 0.15) is 13.8 Å². The van der Waals surface area contributed by atoms with Gasteiger partial charge >= 0.3 is 0 Å². The van der Waals surface area contributed by atoms with Crippen LogP contribution >= 0.6 is 0 Å². The van der Waals surface area contributed by atoms with Crippen molar-refractivity contribution in [2.24, 2.45) is 0 Å². The molecule has 0 amide bonds. The second kappa shape index (κ2) is 4.30. The van der Waals surface area contributed by atoms with E-state index >= 15 is 0 Å². The summed E-state index contributed by atoms with van der Waals surface area (Å²) in [6.07, 6.45) is 1.49. The fourth-order valence-electron chi connectivity index (χ4n) is 2.46. The molecular weight excluding hydrogens is 254 g/mol. The van der Waals surface area contributed by atoms with Crippen LogP contribution in [-0.4, -0.2) is 12.1 Å². The van der Waals surface area contributed by atoms with Gasteiger partial charge in [0.05, 0.1) is 6.20 Å². The number of pyridine rings is 1. The second-order valence-electron chi connectivity index (χ2n) is 5.56. The van der Waals surface area contributed by atoms with Crippen LogP contribution in [0.15, 0.2) is 42.6 Å². The van der Waals surface area contributed by atoms with E-state index in [0.717, 1.165) is 16.2 Å². The first kappa shape index (κ1) is 12.6. The van der Waals surface area contributed by atoms with Gasteiger partial charge in [-0.15, -0.1) is 0 Å². The number of ether oxygens (including phenoxy) is 1. The molecule has 3 rings (SSSR count). The van der Waals surface area contributed by atoms with Gasteiger partial charge in [-0.3, -0.25) is 0 Å². The van der Waals surface area contributed by atoms with E-state index in [1.54, 1.807) is 18.2 Å². The molecule has 1 aromatic heterocycles. The van der Waals surface area contributed by atoms with Gasteiger partial charge in [-0.25, -0.2) is 9.63 Å². The lowest BCUT2D eigenvalue weighted by Gasteiger charge is -2.36. The Bertz CT molecular complexity index is 655. The van der Waals surface area contributed by atoms with Crippen LogP contribution in [0.3, 0.4) is 0 Å². The molecule has 1 aliphatic heterocycles. The summed E-state index contributed by atoms with van der Waals surface area (Å²) in [6.45, 7) is 4.57. The molecule has 0 fully saturated rings. The van der Waals surface area contributed by atoms with Crippen molar-refractivity contribution in [2.75, 3.05) is 17.2 Å². The number of hydrogen-bond donors (Lipinski definition) is 1. The summed E-state index contributed by atoms with van der Waals surface area (Å²) < 4.78 is 6.81. The van der Waals surface area contributed by atoms with Gasteiger partial charge < -0.3 is 15.7 Å². The molecule has 0 saturated carbocycles. The van der Waals surface area contributed by atoms with Gasteiger partial charge in [-0.2, -0.15) is 0 Å². The van der Waals surface area contributed by atoms with Gasteiger partial charge in [0, 0.05) is 17.8 Å². The molecule has 2 heterocycles. The maximum atomic E-state index is 12.0. The summed E-state index contributed by atoms with van der Waals surface area (Å²) in [6, 6.07) is 10.8. The van der Waals surface area contributed by atoms with E-state index in [9.17, 15) is 5.21 Å². The molecule has 0 saturated heterocycles. The molecule has 20 heavy (non-hydrogen) atoms. The van der Waals surface area contributed by atoms with Gasteiger partial charge in [-0.05, 0) is 32.0 Å². The minimum Gasteiger partial charge on any atom is -0.711 e. The lowest BCUT2D eigenvalue weighted by Crippen LogP contribution is -2.48. The predicted octanol–water partition coefficient (Wildman–Crippen LogP) is 2.21. The average molecular weight is 271 g/mol. The highest BCUT2D eigenvalue weighted by Crippen LogP contribution is 2.41. The zero-order chi connectivity index (χ0) is 14.3. The SMILES string of the molecule is CC1(C)CN(c2cccc[n+]2[O-])c2cc(N)ccc2O1. The third-order valence-electron chi connectivity index (χ3n) is 3.28. The van der Waals surface area contributed by atoms with E-state index in [2.05, 4.69) is 0 Å². The van der Waals surface area contributed by atoms with E-state index in [-0.39, 0.29) is 5.60 Å². The quantitative estimate of drug-likeness (QED) is 0.490. The number of benzene rings is 1. The highest BCUT2D eigenvalue weighted by Gasteiger charge is 2.38. The summed E-state index contributed by atoms with van der Waals surface area (Å²) in [4.78, 5) is 1.95. The highest BCUT2D eigenvalue weighted by molar-refractivity contribution is 5.71. The van der Waals surface area contributed by atoms with Crippen LogP contribution in [0, 0.1) is 5.21 Å². The maximum Gasteiger partial charge on any atom is 0.285 e. The van der Waals surface area contributed by atoms with Crippen molar-refractivity contribution in [3.63, 3.8) is 0 Å². The number of fused-ring (bicyclic) bond motifs is 1. The molecule has 0 radical (unpaired) electrons. The lowest BCUT2D eigenvalue weighted by atomic mass is 10.0. The zero-order valence-electron chi connectivity index (χ0n) is 11.5. The summed E-state index contributed by atoms with van der Waals surface area (Å²) in [5, 5.41) is 12.0. The number of aromatic nitrogens is 1. The number of nitrogen functional groups attached to an aromatic ring is 1. The normalized spacial score (nSPS) is 16.4. The van der Waals surface area contributed by atoms with Gasteiger partial charge in [0.2, 0.25) is 0 Å². The summed E-state index contributed by atoms with van der Waals surface area (Å²) in [5.41, 5.74) is 6.94. The van der Waals surface area contributed by atoms with Crippen LogP contribution in [0.5, 0.6) is 5.75 Å². The molecule has 104 valence electrons. The molecule has 2 aromatic rings. The summed E-state index contributed by atoms with van der Waals surface area (Å²) in [5.74, 6) is 1.30. The Morgan fingerprint density at radius 1 is 1.30 bits per heavy atom. The molecule has 1 aromatic carbocycles. The monoisotopic (exact) mass is 271 g/mol. The Labute approximate surface area is 117 Å². The smallest absolute Gasteiger partial charge is 0.285 e. The Morgan fingerprint density at radius 2 is 2.10 bits per heavy atom. The first-order chi connectivity index (χ1) is 9.46. The summed E-state index contributed by atoms with van der Waals surface area (Å²) in [7, 11) is 0. The van der Waals surface area contributed by atoms with Crippen LogP contribution in [-0.2, 0) is 0 Å². The van der Waals surface area contributed by atoms with Gasteiger partial charge in [0.15, 0.2) is 11.4 Å². The van der Waals surface area contributed by atoms with Crippen LogP contribution in [0.4, 0.5) is 17.2 Å². The Hall–Kier alpha value is -2.43. The molecule has 0 atom stereocenters. The number of rotatable bonds is 1. The molecule has 5 heteroatoms. The van der Waals surface area contributed by atoms with E-state index in [0.29, 0.717) is 18.1 Å². The number of nitrogens with zero attached hydrogens (tertiary/aromatic N) is 2. The van der Waals surface area contributed by atoms with E-state index < -0.39 is 0 Å². The maximum absolute atomic E-state index is 12.0. The van der Waals surface area contributed by atoms with Crippen LogP contribution in [0.25, 0.3) is 0 Å². The largest absolute Gasteiger partial charge is 0.711 e. The van der Waals surface area contributed by atoms with Crippen molar-refractivity contribution in [3.8, 4) is 5.75 Å². The average Bonchev–Trinajstić information content (AvgIpc) is 2.38. The van der Waals surface area contributed by atoms with E-state index in [1.165, 1.54) is 6.20 Å². The van der Waals surface area contributed by atoms with Gasteiger partial charge in [0.1, 0.15) is 12.1 Å². The van der Waals surface area contributed by atoms with Crippen molar-refractivity contribution in [2.45, 2.75) is 19.4 Å². The Kier molecular flexibility index (Phi) is 2.71. The molecular formula is C15H17N3O2. The molecule has 5 nitrogen and oxygen atoms in total. The number of hydrogen-bond acceptors (Lipinski definition) is 4. The van der Waals surface area contributed by atoms with Crippen molar-refractivity contribution in [1.82, 2.24) is 0 Å². The van der Waals surface area contributed by atoms with Crippen molar-refractivity contribution >= 4 is 17.2 Å². The molecule has 0 bridgehead atoms. The molecule has 0 spiro atoms. The summed E-state index contributed by atoms with van der Waals surface area (Å²) >= 11 is 0. The molecule has 0 unspecified atom stereocenters. The van der Waals surface area contributed by atoms with Crippen molar-refractivity contribution in [1.29, 1.82) is 0 Å². The third-order valence-corrected chi connectivity index (χ3v) is 3.28. The second-order valence-corrected chi connectivity index (χ2v) is 5.56. The third kappa shape index (κ3) is 2.11. The van der Waals surface area contributed by atoms with Gasteiger partial charge in [-0.1, -0.05) is 6.07 Å². The number of anilines is 3. The lowest BCUT2D eigenvalue weighted by molar-refractivity contribution is -0.592. The first-order valence-electron chi connectivity index (χ1n) is 6.51. The Morgan fingerprint density at radius 3 is 2.85 bits per heavy atom. The minimum atomic E-state index is -0.383. The Balaban J connectivity index is 2.16. The fourth-order valence-corrected chi connectivity index (χ4v) is 2.46. The van der Waals surface area contributed by atoms with Crippen molar-refractivity contribution < 1.29 is 9.47 Å². The van der Waals surface area contributed by atoms with E-state index in [4.69, 9.17) is 10.5 Å². The number of nitrogens with two attached hydrogens (primary N) is 1. The topological polar surface area (TPSA) is 65.4 Å². The van der Waals surface area contributed by atoms with E-state index in [1.807, 2.05) is 36.9 Å². The van der Waals surface area contributed by atoms with Gasteiger partial charge in [0.25, 0.3) is 5.82 Å². The standard InChI is InChI=1S/C15H17N3O2/c1-15(2)10-17(14-5-3-4-8-18(14)19)12-9-11(16)6-7-13(12)20-15/h3-9H,10,16H2,1-2H3.